The first-order valence-electron chi connectivity index (χ1n) is 11.6. The van der Waals surface area contributed by atoms with Gasteiger partial charge in [0.1, 0.15) is 22.9 Å². The second kappa shape index (κ2) is 13.2. The van der Waals surface area contributed by atoms with Crippen molar-refractivity contribution in [3.8, 4) is 5.75 Å². The first-order chi connectivity index (χ1) is 15.4. The number of likely N-dealkylation sites (tertiary alicyclic amines) is 1. The Kier molecular flexibility index (Phi) is 11.0. The number of halogens is 1. The van der Waals surface area contributed by atoms with Crippen molar-refractivity contribution in [3.63, 3.8) is 0 Å². The van der Waals surface area contributed by atoms with Crippen LogP contribution in [0.5, 0.6) is 5.75 Å². The SMILES string of the molecule is CCNC(=NCC(C)(O)c1ccc(C)o1)NCC1CCN(Cc2ccc(OC)cc2)CC1.I. The van der Waals surface area contributed by atoms with Gasteiger partial charge in [0, 0.05) is 19.6 Å². The van der Waals surface area contributed by atoms with E-state index in [9.17, 15) is 5.11 Å². The van der Waals surface area contributed by atoms with Crippen LogP contribution in [0.3, 0.4) is 0 Å². The van der Waals surface area contributed by atoms with Gasteiger partial charge in [0.25, 0.3) is 0 Å². The third-order valence-corrected chi connectivity index (χ3v) is 5.99. The Hall–Kier alpha value is -1.78. The summed E-state index contributed by atoms with van der Waals surface area (Å²) in [5, 5.41) is 17.5. The first kappa shape index (κ1) is 27.5. The van der Waals surface area contributed by atoms with Gasteiger partial charge in [0.2, 0.25) is 0 Å². The Morgan fingerprint density at radius 1 is 1.18 bits per heavy atom. The van der Waals surface area contributed by atoms with Crippen molar-refractivity contribution in [1.82, 2.24) is 15.5 Å². The number of guanidine groups is 1. The summed E-state index contributed by atoms with van der Waals surface area (Å²) in [6.07, 6.45) is 2.32. The average molecular weight is 571 g/mol. The summed E-state index contributed by atoms with van der Waals surface area (Å²) in [4.78, 5) is 7.12. The highest BCUT2D eigenvalue weighted by Gasteiger charge is 2.27. The molecule has 1 fully saturated rings. The van der Waals surface area contributed by atoms with Crippen molar-refractivity contribution in [2.24, 2.45) is 10.9 Å². The quantitative estimate of drug-likeness (QED) is 0.241. The van der Waals surface area contributed by atoms with Crippen LogP contribution in [-0.4, -0.2) is 55.8 Å². The number of furan rings is 1. The number of hydrogen-bond acceptors (Lipinski definition) is 5. The number of nitrogens with one attached hydrogen (secondary N) is 2. The largest absolute Gasteiger partial charge is 0.497 e. The van der Waals surface area contributed by atoms with E-state index in [4.69, 9.17) is 9.15 Å². The van der Waals surface area contributed by atoms with Crippen LogP contribution < -0.4 is 15.4 Å². The molecule has 8 heteroatoms. The molecule has 0 radical (unpaired) electrons. The molecule has 3 rings (SSSR count). The molecule has 1 atom stereocenters. The summed E-state index contributed by atoms with van der Waals surface area (Å²) < 4.78 is 10.8. The van der Waals surface area contributed by atoms with Gasteiger partial charge in [0.05, 0.1) is 13.7 Å². The molecule has 7 nitrogen and oxygen atoms in total. The standard InChI is InChI=1S/C25H38N4O3.HI/c1-5-26-24(28-18-25(3,30)23-11-6-19(2)32-23)27-16-20-12-14-29(15-13-20)17-21-7-9-22(31-4)10-8-21;/h6-11,20,30H,5,12-18H2,1-4H3,(H2,26,27,28);1H. The number of aliphatic hydroxyl groups is 1. The maximum absolute atomic E-state index is 10.7. The Morgan fingerprint density at radius 2 is 1.88 bits per heavy atom. The van der Waals surface area contributed by atoms with E-state index in [2.05, 4.69) is 32.7 Å². The molecule has 1 aromatic carbocycles. The molecule has 1 aromatic heterocycles. The number of methoxy groups -OCH3 is 1. The predicted octanol–water partition coefficient (Wildman–Crippen LogP) is 3.89. The lowest BCUT2D eigenvalue weighted by Gasteiger charge is -2.32. The van der Waals surface area contributed by atoms with Crippen molar-refractivity contribution < 1.29 is 14.3 Å². The highest BCUT2D eigenvalue weighted by Crippen LogP contribution is 2.23. The molecule has 2 heterocycles. The van der Waals surface area contributed by atoms with Crippen molar-refractivity contribution in [1.29, 1.82) is 0 Å². The minimum atomic E-state index is -1.14. The van der Waals surface area contributed by atoms with Crippen LogP contribution in [0, 0.1) is 12.8 Å². The highest BCUT2D eigenvalue weighted by atomic mass is 127. The van der Waals surface area contributed by atoms with Crippen molar-refractivity contribution in [2.75, 3.05) is 39.8 Å². The molecule has 0 amide bonds. The smallest absolute Gasteiger partial charge is 0.191 e. The minimum Gasteiger partial charge on any atom is -0.497 e. The summed E-state index contributed by atoms with van der Waals surface area (Å²) in [7, 11) is 1.70. The summed E-state index contributed by atoms with van der Waals surface area (Å²) >= 11 is 0. The molecular formula is C25H39IN4O3. The van der Waals surface area contributed by atoms with Gasteiger partial charge in [-0.15, -0.1) is 24.0 Å². The number of nitrogens with zero attached hydrogens (tertiary/aromatic N) is 2. The maximum Gasteiger partial charge on any atom is 0.191 e. The van der Waals surface area contributed by atoms with E-state index in [-0.39, 0.29) is 30.5 Å². The summed E-state index contributed by atoms with van der Waals surface area (Å²) in [6, 6.07) is 12.0. The van der Waals surface area contributed by atoms with Crippen LogP contribution in [0.2, 0.25) is 0 Å². The van der Waals surface area contributed by atoms with Crippen LogP contribution in [0.1, 0.15) is 43.8 Å². The van der Waals surface area contributed by atoms with Crippen LogP contribution >= 0.6 is 24.0 Å². The molecule has 1 aliphatic rings. The van der Waals surface area contributed by atoms with Gasteiger partial charge < -0.3 is 24.9 Å². The second-order valence-corrected chi connectivity index (χ2v) is 8.83. The van der Waals surface area contributed by atoms with E-state index in [1.54, 1.807) is 14.0 Å². The highest BCUT2D eigenvalue weighted by molar-refractivity contribution is 14.0. The van der Waals surface area contributed by atoms with Gasteiger partial charge in [0.15, 0.2) is 5.96 Å². The third-order valence-electron chi connectivity index (χ3n) is 5.99. The predicted molar refractivity (Wildman–Crippen MR) is 143 cm³/mol. The molecule has 2 aromatic rings. The molecule has 0 aliphatic carbocycles. The zero-order valence-corrected chi connectivity index (χ0v) is 22.6. The van der Waals surface area contributed by atoms with E-state index in [0.29, 0.717) is 11.7 Å². The van der Waals surface area contributed by atoms with Crippen LogP contribution in [-0.2, 0) is 12.1 Å². The summed E-state index contributed by atoms with van der Waals surface area (Å²) in [5.41, 5.74) is 0.186. The van der Waals surface area contributed by atoms with Crippen LogP contribution in [0.15, 0.2) is 45.8 Å². The lowest BCUT2D eigenvalue weighted by atomic mass is 9.96. The van der Waals surface area contributed by atoms with Gasteiger partial charge >= 0.3 is 0 Å². The third kappa shape index (κ3) is 8.50. The fraction of sp³-hybridized carbons (Fsp3) is 0.560. The van der Waals surface area contributed by atoms with Gasteiger partial charge in [-0.2, -0.15) is 0 Å². The fourth-order valence-electron chi connectivity index (χ4n) is 3.96. The first-order valence-corrected chi connectivity index (χ1v) is 11.6. The maximum atomic E-state index is 10.7. The van der Waals surface area contributed by atoms with E-state index in [1.165, 1.54) is 5.56 Å². The van der Waals surface area contributed by atoms with E-state index in [1.807, 2.05) is 38.1 Å². The molecule has 1 saturated heterocycles. The van der Waals surface area contributed by atoms with Crippen LogP contribution in [0.25, 0.3) is 0 Å². The average Bonchev–Trinajstić information content (AvgIpc) is 3.24. The Balaban J connectivity index is 0.00000385. The lowest BCUT2D eigenvalue weighted by molar-refractivity contribution is 0.0428. The lowest BCUT2D eigenvalue weighted by Crippen LogP contribution is -2.43. The summed E-state index contributed by atoms with van der Waals surface area (Å²) in [6.45, 7) is 10.7. The second-order valence-electron chi connectivity index (χ2n) is 8.83. The minimum absolute atomic E-state index is 0. The van der Waals surface area contributed by atoms with Gasteiger partial charge in [-0.05, 0) is 82.4 Å². The number of piperidine rings is 1. The monoisotopic (exact) mass is 570 g/mol. The number of aryl methyl sites for hydroxylation is 1. The summed E-state index contributed by atoms with van der Waals surface area (Å²) in [5.74, 6) is 3.57. The van der Waals surface area contributed by atoms with Gasteiger partial charge in [-0.1, -0.05) is 12.1 Å². The van der Waals surface area contributed by atoms with Gasteiger partial charge in [-0.25, -0.2) is 4.99 Å². The number of ether oxygens (including phenoxy) is 1. The van der Waals surface area contributed by atoms with E-state index >= 15 is 0 Å². The number of benzene rings is 1. The molecule has 0 bridgehead atoms. The van der Waals surface area contributed by atoms with Crippen LogP contribution in [0.4, 0.5) is 0 Å². The molecule has 0 saturated carbocycles. The van der Waals surface area contributed by atoms with E-state index < -0.39 is 5.60 Å². The zero-order valence-electron chi connectivity index (χ0n) is 20.3. The molecule has 1 unspecified atom stereocenters. The van der Waals surface area contributed by atoms with Gasteiger partial charge in [-0.3, -0.25) is 4.90 Å². The molecule has 3 N–H and O–H groups in total. The number of hydrogen-bond donors (Lipinski definition) is 3. The molecular weight excluding hydrogens is 531 g/mol. The van der Waals surface area contributed by atoms with Crippen molar-refractivity contribution in [2.45, 2.75) is 45.8 Å². The van der Waals surface area contributed by atoms with E-state index in [0.717, 1.165) is 63.0 Å². The molecule has 0 spiro atoms. The Labute approximate surface area is 215 Å². The molecule has 33 heavy (non-hydrogen) atoms. The van der Waals surface area contributed by atoms with Crippen molar-refractivity contribution >= 4 is 29.9 Å². The Morgan fingerprint density at radius 3 is 2.45 bits per heavy atom. The molecule has 1 aliphatic heterocycles. The normalized spacial score (nSPS) is 17.2. The van der Waals surface area contributed by atoms with Crippen molar-refractivity contribution in [3.05, 3.63) is 53.5 Å². The Bertz CT molecular complexity index is 859. The zero-order chi connectivity index (χ0) is 23.0. The topological polar surface area (TPSA) is 82.3 Å². The fourth-order valence-corrected chi connectivity index (χ4v) is 3.96. The number of rotatable bonds is 9. The number of aliphatic imine (C=N–C) groups is 1. The molecule has 184 valence electrons.